The lowest BCUT2D eigenvalue weighted by Crippen LogP contribution is -1.90. The topological polar surface area (TPSA) is 20.2 Å². The molecular weight excluding hydrogens is 456 g/mol. The maximum Gasteiger partial charge on any atom is 0.131 e. The van der Waals surface area contributed by atoms with Crippen molar-refractivity contribution in [2.45, 2.75) is 0 Å². The molecule has 2 heteroatoms. The number of aromatic hydroxyl groups is 1. The molecule has 0 saturated carbocycles. The molecule has 1 nitrogen and oxygen atoms in total. The maximum absolute atomic E-state index is 11.5. The molecule has 0 aliphatic carbocycles. The Labute approximate surface area is 213 Å². The number of hydrogen-bond acceptors (Lipinski definition) is 2. The molecule has 7 aromatic rings. The van der Waals surface area contributed by atoms with Crippen molar-refractivity contribution in [1.82, 2.24) is 0 Å². The van der Waals surface area contributed by atoms with Crippen LogP contribution >= 0.6 is 11.3 Å². The van der Waals surface area contributed by atoms with Crippen LogP contribution in [0.25, 0.3) is 64.3 Å². The lowest BCUT2D eigenvalue weighted by molar-refractivity contribution is 0.479. The Morgan fingerprint density at radius 3 is 1.69 bits per heavy atom. The first-order valence-electron chi connectivity index (χ1n) is 12.1. The van der Waals surface area contributed by atoms with Gasteiger partial charge >= 0.3 is 0 Å². The fourth-order valence-electron chi connectivity index (χ4n) is 5.30. The number of hydrogen-bond donors (Lipinski definition) is 1. The second-order valence-electron chi connectivity index (χ2n) is 9.10. The van der Waals surface area contributed by atoms with Crippen LogP contribution in [-0.2, 0) is 0 Å². The number of thiophene rings is 1. The molecule has 7 rings (SSSR count). The zero-order valence-corrected chi connectivity index (χ0v) is 20.3. The molecule has 0 radical (unpaired) electrons. The van der Waals surface area contributed by atoms with Gasteiger partial charge in [-0.25, -0.2) is 0 Å². The van der Waals surface area contributed by atoms with Gasteiger partial charge in [0.15, 0.2) is 0 Å². The van der Waals surface area contributed by atoms with Crippen LogP contribution in [0.4, 0.5) is 0 Å². The van der Waals surface area contributed by atoms with Gasteiger partial charge in [0, 0.05) is 31.3 Å². The highest BCUT2D eigenvalue weighted by atomic mass is 32.1. The highest BCUT2D eigenvalue weighted by Gasteiger charge is 2.19. The molecule has 0 fully saturated rings. The van der Waals surface area contributed by atoms with Crippen LogP contribution in [0.1, 0.15) is 0 Å². The predicted octanol–water partition coefficient (Wildman–Crippen LogP) is 9.91. The Kier molecular flexibility index (Phi) is 4.87. The zero-order valence-electron chi connectivity index (χ0n) is 19.5. The molecule has 6 aromatic carbocycles. The monoisotopic (exact) mass is 478 g/mol. The van der Waals surface area contributed by atoms with E-state index in [0.29, 0.717) is 5.75 Å². The molecule has 0 saturated heterocycles. The lowest BCUT2D eigenvalue weighted by atomic mass is 9.88. The van der Waals surface area contributed by atoms with Gasteiger partial charge in [0.25, 0.3) is 0 Å². The summed E-state index contributed by atoms with van der Waals surface area (Å²) in [7, 11) is 0. The number of phenols is 1. The molecule has 0 atom stereocenters. The minimum atomic E-state index is 0.308. The van der Waals surface area contributed by atoms with Gasteiger partial charge in [0.05, 0.1) is 0 Å². The van der Waals surface area contributed by atoms with Crippen molar-refractivity contribution in [2.75, 3.05) is 0 Å². The van der Waals surface area contributed by atoms with Gasteiger partial charge in [0.2, 0.25) is 0 Å². The summed E-state index contributed by atoms with van der Waals surface area (Å²) in [5.41, 5.74) is 6.01. The molecule has 0 unspecified atom stereocenters. The van der Waals surface area contributed by atoms with Crippen LogP contribution in [0, 0.1) is 0 Å². The van der Waals surface area contributed by atoms with E-state index in [2.05, 4.69) is 91.0 Å². The van der Waals surface area contributed by atoms with E-state index < -0.39 is 0 Å². The van der Waals surface area contributed by atoms with Crippen LogP contribution in [0.15, 0.2) is 127 Å². The highest BCUT2D eigenvalue weighted by Crippen LogP contribution is 2.48. The Morgan fingerprint density at radius 1 is 0.472 bits per heavy atom. The normalized spacial score (nSPS) is 11.4. The van der Waals surface area contributed by atoms with E-state index in [9.17, 15) is 5.11 Å². The van der Waals surface area contributed by atoms with Crippen molar-refractivity contribution in [2.24, 2.45) is 0 Å². The Bertz CT molecular complexity index is 1820. The summed E-state index contributed by atoms with van der Waals surface area (Å²) in [6.07, 6.45) is 0. The number of rotatable bonds is 3. The van der Waals surface area contributed by atoms with Crippen LogP contribution in [0.3, 0.4) is 0 Å². The predicted molar refractivity (Wildman–Crippen MR) is 155 cm³/mol. The summed E-state index contributed by atoms with van der Waals surface area (Å²) >= 11 is 1.84. The summed E-state index contributed by atoms with van der Waals surface area (Å²) in [5.74, 6) is 0.308. The van der Waals surface area contributed by atoms with E-state index in [1.54, 1.807) is 0 Å². The highest BCUT2D eigenvalue weighted by molar-refractivity contribution is 7.26. The van der Waals surface area contributed by atoms with Crippen molar-refractivity contribution >= 4 is 42.3 Å². The fraction of sp³-hybridized carbons (Fsp3) is 0. The van der Waals surface area contributed by atoms with E-state index in [0.717, 1.165) is 27.8 Å². The Morgan fingerprint density at radius 2 is 1.03 bits per heavy atom. The summed E-state index contributed by atoms with van der Waals surface area (Å²) in [4.78, 5) is 0. The lowest BCUT2D eigenvalue weighted by Gasteiger charge is -2.16. The van der Waals surface area contributed by atoms with Crippen LogP contribution in [0.2, 0.25) is 0 Å². The van der Waals surface area contributed by atoms with Gasteiger partial charge in [-0.1, -0.05) is 103 Å². The average Bonchev–Trinajstić information content (AvgIpc) is 3.31. The molecule has 170 valence electrons. The molecule has 1 aromatic heterocycles. The van der Waals surface area contributed by atoms with Crippen LogP contribution in [0.5, 0.6) is 5.75 Å². The molecule has 0 aliphatic heterocycles. The first kappa shape index (κ1) is 20.9. The van der Waals surface area contributed by atoms with Crippen molar-refractivity contribution in [3.8, 4) is 39.1 Å². The maximum atomic E-state index is 11.5. The van der Waals surface area contributed by atoms with E-state index in [4.69, 9.17) is 0 Å². The van der Waals surface area contributed by atoms with Crippen molar-refractivity contribution < 1.29 is 5.11 Å². The van der Waals surface area contributed by atoms with Gasteiger partial charge in [-0.2, -0.15) is 0 Å². The SMILES string of the molecule is Oc1c(-c2ccccc2)cc(-c2c3ccccc3cc3sc4ccccc4c23)cc1-c1ccccc1. The fourth-order valence-corrected chi connectivity index (χ4v) is 6.47. The molecule has 36 heavy (non-hydrogen) atoms. The molecule has 0 bridgehead atoms. The third-order valence-electron chi connectivity index (χ3n) is 6.96. The number of fused-ring (bicyclic) bond motifs is 4. The van der Waals surface area contributed by atoms with Gasteiger partial charge < -0.3 is 5.11 Å². The second-order valence-corrected chi connectivity index (χ2v) is 10.2. The molecule has 0 spiro atoms. The minimum absolute atomic E-state index is 0.308. The van der Waals surface area contributed by atoms with E-state index in [1.165, 1.54) is 36.5 Å². The smallest absolute Gasteiger partial charge is 0.131 e. The minimum Gasteiger partial charge on any atom is -0.507 e. The van der Waals surface area contributed by atoms with E-state index in [-0.39, 0.29) is 0 Å². The molecule has 0 aliphatic rings. The number of benzene rings is 6. The van der Waals surface area contributed by atoms with Crippen LogP contribution < -0.4 is 0 Å². The third kappa shape index (κ3) is 3.30. The van der Waals surface area contributed by atoms with Gasteiger partial charge in [-0.05, 0) is 57.3 Å². The largest absolute Gasteiger partial charge is 0.507 e. The van der Waals surface area contributed by atoms with Crippen molar-refractivity contribution in [1.29, 1.82) is 0 Å². The van der Waals surface area contributed by atoms with Crippen molar-refractivity contribution in [3.63, 3.8) is 0 Å². The first-order chi connectivity index (χ1) is 17.8. The molecule has 1 N–H and O–H groups in total. The van der Waals surface area contributed by atoms with Gasteiger partial charge in [0.1, 0.15) is 5.75 Å². The second kappa shape index (κ2) is 8.37. The van der Waals surface area contributed by atoms with E-state index in [1.807, 2.05) is 47.7 Å². The Balaban J connectivity index is 1.65. The van der Waals surface area contributed by atoms with Gasteiger partial charge in [-0.3, -0.25) is 0 Å². The summed E-state index contributed by atoms with van der Waals surface area (Å²) < 4.78 is 2.56. The molecular formula is C34H22OS. The van der Waals surface area contributed by atoms with Crippen molar-refractivity contribution in [3.05, 3.63) is 127 Å². The number of phenolic OH excluding ortho intramolecular Hbond substituents is 1. The molecule has 0 amide bonds. The summed E-state index contributed by atoms with van der Waals surface area (Å²) in [6.45, 7) is 0. The average molecular weight is 479 g/mol. The third-order valence-corrected chi connectivity index (χ3v) is 8.08. The molecule has 1 heterocycles. The van der Waals surface area contributed by atoms with E-state index >= 15 is 0 Å². The van der Waals surface area contributed by atoms with Gasteiger partial charge in [-0.15, -0.1) is 11.3 Å². The first-order valence-corrected chi connectivity index (χ1v) is 12.9. The zero-order chi connectivity index (χ0) is 24.1. The summed E-state index contributed by atoms with van der Waals surface area (Å²) in [6, 6.07) is 44.3. The Hall–Kier alpha value is -4.40. The quantitative estimate of drug-likeness (QED) is 0.268. The van der Waals surface area contributed by atoms with Crippen LogP contribution in [-0.4, -0.2) is 5.11 Å². The standard InChI is InChI=1S/C34H22OS/c35-34-28(22-11-3-1-4-12-22)19-25(20-29(34)23-13-5-2-6-14-23)32-26-16-8-7-15-24(26)21-31-33(32)27-17-9-10-18-30(27)36-31/h1-21,35H. The summed E-state index contributed by atoms with van der Waals surface area (Å²) in [5, 5.41) is 16.5.